The summed E-state index contributed by atoms with van der Waals surface area (Å²) >= 11 is 0. The lowest BCUT2D eigenvalue weighted by Gasteiger charge is -2.34. The fourth-order valence-corrected chi connectivity index (χ4v) is 3.63. The first kappa shape index (κ1) is 21.1. The van der Waals surface area contributed by atoms with E-state index in [-0.39, 0.29) is 24.2 Å². The number of nitrogens with one attached hydrogen (secondary N) is 2. The lowest BCUT2D eigenvalue weighted by Crippen LogP contribution is -2.47. The highest BCUT2D eigenvalue weighted by molar-refractivity contribution is 6.01. The van der Waals surface area contributed by atoms with E-state index in [0.717, 1.165) is 0 Å². The average molecular weight is 405 g/mol. The molecule has 1 atom stereocenters. The molecule has 7 nitrogen and oxygen atoms in total. The molecule has 2 amide bonds. The molecule has 1 aromatic rings. The number of halogens is 1. The molecule has 2 saturated heterocycles. The lowest BCUT2D eigenvalue weighted by molar-refractivity contribution is -0.160. The zero-order chi connectivity index (χ0) is 21.2. The van der Waals surface area contributed by atoms with E-state index in [1.807, 2.05) is 25.7 Å². The van der Waals surface area contributed by atoms with Gasteiger partial charge in [-0.1, -0.05) is 0 Å². The summed E-state index contributed by atoms with van der Waals surface area (Å²) in [6, 6.07) is 4.21. The standard InChI is InChI=1S/C21H28FN3O4/c1-21(2,3)29-20(28)13-8-10-25(11-9-13)17-6-4-14(12-15(17)22)23-16-5-7-18(26)24-19(16)27/h4,6,12-13,16,23H,5,7-11H2,1-3H3,(H,24,26,27). The van der Waals surface area contributed by atoms with Crippen LogP contribution in [0.1, 0.15) is 46.5 Å². The number of amides is 2. The quantitative estimate of drug-likeness (QED) is 0.591. The van der Waals surface area contributed by atoms with Crippen molar-refractivity contribution < 1.29 is 23.5 Å². The Bertz CT molecular complexity index is 798. The normalized spacial score (nSPS) is 21.0. The first-order valence-corrected chi connectivity index (χ1v) is 10.00. The Hall–Kier alpha value is -2.64. The van der Waals surface area contributed by atoms with Crippen LogP contribution < -0.4 is 15.5 Å². The molecule has 2 aliphatic rings. The van der Waals surface area contributed by atoms with Crippen molar-refractivity contribution in [3.05, 3.63) is 24.0 Å². The highest BCUT2D eigenvalue weighted by Gasteiger charge is 2.30. The number of carbonyl (C=O) groups excluding carboxylic acids is 3. The van der Waals surface area contributed by atoms with Crippen LogP contribution >= 0.6 is 0 Å². The van der Waals surface area contributed by atoms with Gasteiger partial charge in [0.15, 0.2) is 0 Å². The fourth-order valence-electron chi connectivity index (χ4n) is 3.63. The van der Waals surface area contributed by atoms with Crippen molar-refractivity contribution in [2.45, 2.75) is 58.1 Å². The van der Waals surface area contributed by atoms with Crippen LogP contribution in [0, 0.1) is 11.7 Å². The molecule has 0 saturated carbocycles. The maximum Gasteiger partial charge on any atom is 0.309 e. The van der Waals surface area contributed by atoms with Crippen LogP contribution in [0.5, 0.6) is 0 Å². The predicted molar refractivity (Wildman–Crippen MR) is 107 cm³/mol. The van der Waals surface area contributed by atoms with Gasteiger partial charge in [0, 0.05) is 25.2 Å². The second kappa shape index (κ2) is 8.39. The topological polar surface area (TPSA) is 87.7 Å². The molecule has 0 spiro atoms. The largest absolute Gasteiger partial charge is 0.460 e. The molecule has 29 heavy (non-hydrogen) atoms. The minimum atomic E-state index is -0.553. The molecule has 1 unspecified atom stereocenters. The number of rotatable bonds is 4. The third-order valence-electron chi connectivity index (χ3n) is 5.10. The number of nitrogens with zero attached hydrogens (tertiary/aromatic N) is 1. The summed E-state index contributed by atoms with van der Waals surface area (Å²) in [4.78, 5) is 37.2. The van der Waals surface area contributed by atoms with Crippen LogP contribution in [0.15, 0.2) is 18.2 Å². The van der Waals surface area contributed by atoms with Crippen molar-refractivity contribution in [1.82, 2.24) is 5.32 Å². The number of imide groups is 1. The van der Waals surface area contributed by atoms with Gasteiger partial charge in [-0.3, -0.25) is 19.7 Å². The molecule has 3 rings (SSSR count). The highest BCUT2D eigenvalue weighted by atomic mass is 19.1. The first-order valence-electron chi connectivity index (χ1n) is 10.00. The second-order valence-corrected chi connectivity index (χ2v) is 8.61. The number of hydrogen-bond acceptors (Lipinski definition) is 6. The maximum atomic E-state index is 14.7. The molecule has 0 radical (unpaired) electrons. The zero-order valence-corrected chi connectivity index (χ0v) is 17.1. The van der Waals surface area contributed by atoms with Gasteiger partial charge in [0.1, 0.15) is 17.5 Å². The number of piperidine rings is 2. The monoisotopic (exact) mass is 405 g/mol. The summed E-state index contributed by atoms with van der Waals surface area (Å²) in [6.45, 7) is 6.68. The van der Waals surface area contributed by atoms with Crippen LogP contribution in [0.3, 0.4) is 0 Å². The van der Waals surface area contributed by atoms with Crippen LogP contribution in [-0.2, 0) is 19.1 Å². The summed E-state index contributed by atoms with van der Waals surface area (Å²) in [7, 11) is 0. The van der Waals surface area contributed by atoms with Crippen molar-refractivity contribution in [1.29, 1.82) is 0 Å². The van der Waals surface area contributed by atoms with Crippen molar-refractivity contribution >= 4 is 29.2 Å². The Kier molecular flexibility index (Phi) is 6.10. The number of benzene rings is 1. The van der Waals surface area contributed by atoms with Crippen molar-refractivity contribution in [3.63, 3.8) is 0 Å². The van der Waals surface area contributed by atoms with Gasteiger partial charge in [0.05, 0.1) is 11.6 Å². The van der Waals surface area contributed by atoms with Gasteiger partial charge in [-0.2, -0.15) is 0 Å². The van der Waals surface area contributed by atoms with Crippen LogP contribution in [0.4, 0.5) is 15.8 Å². The van der Waals surface area contributed by atoms with Crippen LogP contribution in [0.2, 0.25) is 0 Å². The van der Waals surface area contributed by atoms with Gasteiger partial charge in [0.2, 0.25) is 11.8 Å². The first-order chi connectivity index (χ1) is 13.6. The smallest absolute Gasteiger partial charge is 0.309 e. The zero-order valence-electron chi connectivity index (χ0n) is 17.1. The molecule has 2 heterocycles. The molecule has 2 fully saturated rings. The third kappa shape index (κ3) is 5.46. The van der Waals surface area contributed by atoms with E-state index in [1.165, 1.54) is 6.07 Å². The number of hydrogen-bond donors (Lipinski definition) is 2. The Balaban J connectivity index is 1.58. The minimum Gasteiger partial charge on any atom is -0.460 e. The van der Waals surface area contributed by atoms with E-state index in [0.29, 0.717) is 43.7 Å². The molecular weight excluding hydrogens is 377 g/mol. The molecular formula is C21H28FN3O4. The number of anilines is 2. The van der Waals surface area contributed by atoms with Gasteiger partial charge in [0.25, 0.3) is 0 Å². The molecule has 158 valence electrons. The maximum absolute atomic E-state index is 14.7. The SMILES string of the molecule is CC(C)(C)OC(=O)C1CCN(c2ccc(NC3CCC(=O)NC3=O)cc2F)CC1. The lowest BCUT2D eigenvalue weighted by atomic mass is 9.96. The molecule has 1 aromatic carbocycles. The third-order valence-corrected chi connectivity index (χ3v) is 5.10. The van der Waals surface area contributed by atoms with E-state index >= 15 is 0 Å². The molecule has 8 heteroatoms. The average Bonchev–Trinajstić information content (AvgIpc) is 2.63. The van der Waals surface area contributed by atoms with Gasteiger partial charge in [-0.05, 0) is 58.2 Å². The molecule has 2 aliphatic heterocycles. The second-order valence-electron chi connectivity index (χ2n) is 8.61. The molecule has 2 N–H and O–H groups in total. The fraction of sp³-hybridized carbons (Fsp3) is 0.571. The Morgan fingerprint density at radius 2 is 1.90 bits per heavy atom. The van der Waals surface area contributed by atoms with E-state index < -0.39 is 23.4 Å². The van der Waals surface area contributed by atoms with Crippen molar-refractivity contribution in [2.75, 3.05) is 23.3 Å². The summed E-state index contributed by atoms with van der Waals surface area (Å²) in [5.41, 5.74) is 0.455. The number of esters is 1. The minimum absolute atomic E-state index is 0.165. The van der Waals surface area contributed by atoms with Crippen LogP contribution in [0.25, 0.3) is 0 Å². The Morgan fingerprint density at radius 1 is 1.21 bits per heavy atom. The molecule has 0 bridgehead atoms. The summed E-state index contributed by atoms with van der Waals surface area (Å²) in [5.74, 6) is -1.43. The van der Waals surface area contributed by atoms with E-state index in [9.17, 15) is 18.8 Å². The van der Waals surface area contributed by atoms with E-state index in [2.05, 4.69) is 10.6 Å². The summed E-state index contributed by atoms with van der Waals surface area (Å²) < 4.78 is 20.1. The molecule has 0 aromatic heterocycles. The van der Waals surface area contributed by atoms with Gasteiger partial charge < -0.3 is 15.0 Å². The number of ether oxygens (including phenoxy) is 1. The Morgan fingerprint density at radius 3 is 2.48 bits per heavy atom. The van der Waals surface area contributed by atoms with Gasteiger partial charge in [-0.15, -0.1) is 0 Å². The van der Waals surface area contributed by atoms with E-state index in [4.69, 9.17) is 4.74 Å². The Labute approximate surface area is 170 Å². The number of carbonyl (C=O) groups is 3. The van der Waals surface area contributed by atoms with Crippen LogP contribution in [-0.4, -0.2) is 42.5 Å². The van der Waals surface area contributed by atoms with Gasteiger partial charge >= 0.3 is 5.97 Å². The summed E-state index contributed by atoms with van der Waals surface area (Å²) in [6.07, 6.45) is 1.87. The highest BCUT2D eigenvalue weighted by Crippen LogP contribution is 2.29. The predicted octanol–water partition coefficient (Wildman–Crippen LogP) is 2.60. The summed E-state index contributed by atoms with van der Waals surface area (Å²) in [5, 5.41) is 5.26. The van der Waals surface area contributed by atoms with E-state index in [1.54, 1.807) is 12.1 Å². The van der Waals surface area contributed by atoms with Crippen molar-refractivity contribution in [3.8, 4) is 0 Å². The molecule has 0 aliphatic carbocycles. The van der Waals surface area contributed by atoms with Gasteiger partial charge in [-0.25, -0.2) is 4.39 Å². The van der Waals surface area contributed by atoms with Crippen molar-refractivity contribution in [2.24, 2.45) is 5.92 Å².